The molecule has 0 aromatic heterocycles. The summed E-state index contributed by atoms with van der Waals surface area (Å²) in [4.78, 5) is 16.7. The number of aryl methyl sites for hydroxylation is 2. The summed E-state index contributed by atoms with van der Waals surface area (Å²) in [6.07, 6.45) is 3.15. The summed E-state index contributed by atoms with van der Waals surface area (Å²) < 4.78 is 0. The topological polar surface area (TPSA) is 35.6 Å². The third kappa shape index (κ3) is 4.65. The number of carbonyl (C=O) groups excluding carboxylic acids is 1. The first-order valence-electron chi connectivity index (χ1n) is 9.45. The molecule has 1 saturated heterocycles. The number of piperazine rings is 1. The molecular formula is C20H33N3O. The summed E-state index contributed by atoms with van der Waals surface area (Å²) in [6.45, 7) is 13.0. The van der Waals surface area contributed by atoms with Gasteiger partial charge in [-0.05, 0) is 36.3 Å². The normalized spacial score (nSPS) is 15.0. The van der Waals surface area contributed by atoms with Crippen molar-refractivity contribution >= 4 is 11.7 Å². The van der Waals surface area contributed by atoms with E-state index in [2.05, 4.69) is 56.1 Å². The van der Waals surface area contributed by atoms with Crippen molar-refractivity contribution < 1.29 is 4.79 Å². The third-order valence-electron chi connectivity index (χ3n) is 4.85. The SMILES string of the molecule is CCc1cccc(CC)c1N1CCN(C(=O)NCCC(C)C)CC1. The molecule has 4 nitrogen and oxygen atoms in total. The van der Waals surface area contributed by atoms with Crippen molar-refractivity contribution in [3.8, 4) is 0 Å². The van der Waals surface area contributed by atoms with E-state index in [-0.39, 0.29) is 6.03 Å². The Morgan fingerprint density at radius 2 is 1.67 bits per heavy atom. The van der Waals surface area contributed by atoms with Crippen molar-refractivity contribution in [2.24, 2.45) is 5.92 Å². The minimum Gasteiger partial charge on any atom is -0.368 e. The zero-order valence-corrected chi connectivity index (χ0v) is 15.8. The van der Waals surface area contributed by atoms with Crippen molar-refractivity contribution in [3.05, 3.63) is 29.3 Å². The van der Waals surface area contributed by atoms with Crippen LogP contribution in [0.1, 0.15) is 45.2 Å². The molecule has 4 heteroatoms. The Bertz CT molecular complexity index is 511. The van der Waals surface area contributed by atoms with Gasteiger partial charge in [-0.3, -0.25) is 0 Å². The summed E-state index contributed by atoms with van der Waals surface area (Å²) in [5.41, 5.74) is 4.25. The number of benzene rings is 1. The third-order valence-corrected chi connectivity index (χ3v) is 4.85. The van der Waals surface area contributed by atoms with Gasteiger partial charge < -0.3 is 15.1 Å². The van der Waals surface area contributed by atoms with Gasteiger partial charge in [0.1, 0.15) is 0 Å². The van der Waals surface area contributed by atoms with E-state index in [1.54, 1.807) is 0 Å². The van der Waals surface area contributed by atoms with E-state index in [1.165, 1.54) is 16.8 Å². The monoisotopic (exact) mass is 331 g/mol. The van der Waals surface area contributed by atoms with Crippen molar-refractivity contribution in [2.45, 2.75) is 47.0 Å². The molecule has 0 atom stereocenters. The summed E-state index contributed by atoms with van der Waals surface area (Å²) >= 11 is 0. The molecule has 1 aromatic carbocycles. The largest absolute Gasteiger partial charge is 0.368 e. The van der Waals surface area contributed by atoms with E-state index in [9.17, 15) is 4.79 Å². The van der Waals surface area contributed by atoms with Crippen LogP contribution in [-0.2, 0) is 12.8 Å². The first kappa shape index (κ1) is 18.6. The van der Waals surface area contributed by atoms with E-state index in [1.807, 2.05) is 4.90 Å². The van der Waals surface area contributed by atoms with Gasteiger partial charge >= 0.3 is 6.03 Å². The van der Waals surface area contributed by atoms with Gasteiger partial charge in [-0.15, -0.1) is 0 Å². The highest BCUT2D eigenvalue weighted by Crippen LogP contribution is 2.27. The number of hydrogen-bond donors (Lipinski definition) is 1. The highest BCUT2D eigenvalue weighted by molar-refractivity contribution is 5.74. The Morgan fingerprint density at radius 3 is 2.17 bits per heavy atom. The van der Waals surface area contributed by atoms with Gasteiger partial charge in [0, 0.05) is 38.4 Å². The van der Waals surface area contributed by atoms with Gasteiger partial charge in [-0.1, -0.05) is 45.9 Å². The number of carbonyl (C=O) groups is 1. The lowest BCUT2D eigenvalue weighted by Gasteiger charge is -2.38. The number of amides is 2. The molecule has 1 heterocycles. The lowest BCUT2D eigenvalue weighted by molar-refractivity contribution is 0.194. The maximum atomic E-state index is 12.3. The Labute approximate surface area is 147 Å². The van der Waals surface area contributed by atoms with Gasteiger partial charge in [0.15, 0.2) is 0 Å². The summed E-state index contributed by atoms with van der Waals surface area (Å²) in [5.74, 6) is 0.625. The first-order chi connectivity index (χ1) is 11.6. The summed E-state index contributed by atoms with van der Waals surface area (Å²) in [5, 5.41) is 3.05. The lowest BCUT2D eigenvalue weighted by Crippen LogP contribution is -2.52. The summed E-state index contributed by atoms with van der Waals surface area (Å²) in [7, 11) is 0. The Balaban J connectivity index is 1.94. The fourth-order valence-corrected chi connectivity index (χ4v) is 3.33. The molecule has 1 fully saturated rings. The van der Waals surface area contributed by atoms with Crippen LogP contribution in [0.2, 0.25) is 0 Å². The average molecular weight is 332 g/mol. The molecule has 1 aliphatic rings. The Kier molecular flexibility index (Phi) is 6.95. The van der Waals surface area contributed by atoms with E-state index in [4.69, 9.17) is 0 Å². The molecule has 2 amide bonds. The van der Waals surface area contributed by atoms with Gasteiger partial charge in [-0.25, -0.2) is 4.79 Å². The highest BCUT2D eigenvalue weighted by Gasteiger charge is 2.23. The molecule has 1 aromatic rings. The van der Waals surface area contributed by atoms with E-state index < -0.39 is 0 Å². The van der Waals surface area contributed by atoms with Crippen LogP contribution in [0.4, 0.5) is 10.5 Å². The van der Waals surface area contributed by atoms with Crippen LogP contribution in [0, 0.1) is 5.92 Å². The predicted molar refractivity (Wildman–Crippen MR) is 102 cm³/mol. The maximum absolute atomic E-state index is 12.3. The van der Waals surface area contributed by atoms with Crippen LogP contribution in [0.15, 0.2) is 18.2 Å². The second kappa shape index (κ2) is 8.95. The predicted octanol–water partition coefficient (Wildman–Crippen LogP) is 3.69. The molecule has 1 aliphatic heterocycles. The Morgan fingerprint density at radius 1 is 1.08 bits per heavy atom. The van der Waals surface area contributed by atoms with Crippen LogP contribution in [0.5, 0.6) is 0 Å². The molecule has 2 rings (SSSR count). The van der Waals surface area contributed by atoms with Crippen molar-refractivity contribution in [2.75, 3.05) is 37.6 Å². The van der Waals surface area contributed by atoms with Crippen molar-refractivity contribution in [1.82, 2.24) is 10.2 Å². The number of nitrogens with zero attached hydrogens (tertiary/aromatic N) is 2. The second-order valence-electron chi connectivity index (χ2n) is 7.02. The van der Waals surface area contributed by atoms with Gasteiger partial charge in [0.25, 0.3) is 0 Å². The zero-order chi connectivity index (χ0) is 17.5. The maximum Gasteiger partial charge on any atom is 0.317 e. The van der Waals surface area contributed by atoms with Crippen LogP contribution in [0.3, 0.4) is 0 Å². The number of rotatable bonds is 6. The van der Waals surface area contributed by atoms with Gasteiger partial charge in [0.2, 0.25) is 0 Å². The molecule has 1 N–H and O–H groups in total. The second-order valence-corrected chi connectivity index (χ2v) is 7.02. The van der Waals surface area contributed by atoms with Crippen molar-refractivity contribution in [3.63, 3.8) is 0 Å². The molecular weight excluding hydrogens is 298 g/mol. The minimum atomic E-state index is 0.0924. The van der Waals surface area contributed by atoms with E-state index in [0.717, 1.165) is 52.0 Å². The number of urea groups is 1. The van der Waals surface area contributed by atoms with Crippen LogP contribution >= 0.6 is 0 Å². The molecule has 0 unspecified atom stereocenters. The molecule has 134 valence electrons. The number of para-hydroxylation sites is 1. The molecule has 24 heavy (non-hydrogen) atoms. The summed E-state index contributed by atoms with van der Waals surface area (Å²) in [6, 6.07) is 6.73. The fourth-order valence-electron chi connectivity index (χ4n) is 3.33. The first-order valence-corrected chi connectivity index (χ1v) is 9.45. The molecule has 0 aliphatic carbocycles. The number of anilines is 1. The smallest absolute Gasteiger partial charge is 0.317 e. The fraction of sp³-hybridized carbons (Fsp3) is 0.650. The minimum absolute atomic E-state index is 0.0924. The molecule has 0 spiro atoms. The van der Waals surface area contributed by atoms with E-state index >= 15 is 0 Å². The Hall–Kier alpha value is -1.71. The van der Waals surface area contributed by atoms with Crippen molar-refractivity contribution in [1.29, 1.82) is 0 Å². The molecule has 0 radical (unpaired) electrons. The average Bonchev–Trinajstić information content (AvgIpc) is 2.60. The molecule has 0 bridgehead atoms. The van der Waals surface area contributed by atoms with Crippen LogP contribution in [-0.4, -0.2) is 43.7 Å². The van der Waals surface area contributed by atoms with Gasteiger partial charge in [0.05, 0.1) is 0 Å². The number of hydrogen-bond acceptors (Lipinski definition) is 2. The lowest BCUT2D eigenvalue weighted by atomic mass is 10.0. The highest BCUT2D eigenvalue weighted by atomic mass is 16.2. The standard InChI is InChI=1S/C20H33N3O/c1-5-17-8-7-9-18(6-2)19(17)22-12-14-23(15-13-22)20(24)21-11-10-16(3)4/h7-9,16H,5-6,10-15H2,1-4H3,(H,21,24). The van der Waals surface area contributed by atoms with E-state index in [0.29, 0.717) is 5.92 Å². The zero-order valence-electron chi connectivity index (χ0n) is 15.8. The number of nitrogens with one attached hydrogen (secondary N) is 1. The van der Waals surface area contributed by atoms with Crippen LogP contribution < -0.4 is 10.2 Å². The quantitative estimate of drug-likeness (QED) is 0.863. The van der Waals surface area contributed by atoms with Gasteiger partial charge in [-0.2, -0.15) is 0 Å². The van der Waals surface area contributed by atoms with Crippen LogP contribution in [0.25, 0.3) is 0 Å². The molecule has 0 saturated carbocycles.